The highest BCUT2D eigenvalue weighted by atomic mass is 16.3. The Morgan fingerprint density at radius 1 is 1.43 bits per heavy atom. The SMILES string of the molecule is CCNC(=NCC1(O)CCCCC1)NC1CCC(=O)NC1. The van der Waals surface area contributed by atoms with E-state index < -0.39 is 5.60 Å². The fourth-order valence-electron chi connectivity index (χ4n) is 2.96. The molecule has 0 aromatic rings. The quantitative estimate of drug-likeness (QED) is 0.450. The maximum absolute atomic E-state index is 11.2. The molecule has 0 bridgehead atoms. The Kier molecular flexibility index (Phi) is 5.85. The molecule has 2 aliphatic rings. The van der Waals surface area contributed by atoms with Crippen LogP contribution < -0.4 is 16.0 Å². The third-order valence-electron chi connectivity index (χ3n) is 4.27. The van der Waals surface area contributed by atoms with Gasteiger partial charge in [0, 0.05) is 25.6 Å². The first-order valence-electron chi connectivity index (χ1n) is 8.15. The molecule has 0 aromatic heterocycles. The lowest BCUT2D eigenvalue weighted by Gasteiger charge is -2.31. The van der Waals surface area contributed by atoms with Crippen LogP contribution in [0.2, 0.25) is 0 Å². The number of nitrogens with zero attached hydrogens (tertiary/aromatic N) is 1. The number of guanidine groups is 1. The summed E-state index contributed by atoms with van der Waals surface area (Å²) in [7, 11) is 0. The molecule has 1 amide bonds. The van der Waals surface area contributed by atoms with Crippen molar-refractivity contribution < 1.29 is 9.90 Å². The topological polar surface area (TPSA) is 85.8 Å². The molecule has 2 rings (SSSR count). The molecule has 6 nitrogen and oxygen atoms in total. The largest absolute Gasteiger partial charge is 0.388 e. The van der Waals surface area contributed by atoms with Crippen molar-refractivity contribution in [1.82, 2.24) is 16.0 Å². The first-order valence-corrected chi connectivity index (χ1v) is 8.15. The van der Waals surface area contributed by atoms with Crippen LogP contribution in [0, 0.1) is 0 Å². The summed E-state index contributed by atoms with van der Waals surface area (Å²) in [5, 5.41) is 19.9. The van der Waals surface area contributed by atoms with Crippen molar-refractivity contribution in [3.05, 3.63) is 0 Å². The number of amides is 1. The lowest BCUT2D eigenvalue weighted by atomic mass is 9.85. The van der Waals surface area contributed by atoms with E-state index >= 15 is 0 Å². The average Bonchev–Trinajstić information content (AvgIpc) is 2.48. The summed E-state index contributed by atoms with van der Waals surface area (Å²) in [6.45, 7) is 3.88. The lowest BCUT2D eigenvalue weighted by molar-refractivity contribution is -0.122. The molecule has 0 radical (unpaired) electrons. The van der Waals surface area contributed by atoms with E-state index in [-0.39, 0.29) is 11.9 Å². The monoisotopic (exact) mass is 296 g/mol. The van der Waals surface area contributed by atoms with E-state index in [1.54, 1.807) is 0 Å². The van der Waals surface area contributed by atoms with Crippen molar-refractivity contribution in [1.29, 1.82) is 0 Å². The Bertz CT molecular complexity index is 368. The van der Waals surface area contributed by atoms with Crippen molar-refractivity contribution in [2.75, 3.05) is 19.6 Å². The summed E-state index contributed by atoms with van der Waals surface area (Å²) < 4.78 is 0. The van der Waals surface area contributed by atoms with Crippen LogP contribution in [0.3, 0.4) is 0 Å². The number of piperidine rings is 1. The molecule has 2 fully saturated rings. The van der Waals surface area contributed by atoms with Crippen molar-refractivity contribution in [2.45, 2.75) is 63.5 Å². The van der Waals surface area contributed by atoms with E-state index in [4.69, 9.17) is 0 Å². The molecule has 0 spiro atoms. The molecule has 4 N–H and O–H groups in total. The number of rotatable bonds is 4. The second kappa shape index (κ2) is 7.64. The normalized spacial score (nSPS) is 26.1. The molecule has 1 aliphatic carbocycles. The van der Waals surface area contributed by atoms with Gasteiger partial charge in [0.15, 0.2) is 5.96 Å². The minimum atomic E-state index is -0.638. The lowest BCUT2D eigenvalue weighted by Crippen LogP contribution is -2.51. The van der Waals surface area contributed by atoms with E-state index in [0.717, 1.165) is 44.6 Å². The number of carbonyl (C=O) groups excluding carboxylic acids is 1. The van der Waals surface area contributed by atoms with Gasteiger partial charge in [0.1, 0.15) is 0 Å². The average molecular weight is 296 g/mol. The standard InChI is InChI=1S/C15H28N4O2/c1-2-16-14(19-12-6-7-13(20)17-10-12)18-11-15(21)8-4-3-5-9-15/h12,21H,2-11H2,1H3,(H,17,20)(H2,16,18,19). The smallest absolute Gasteiger partial charge is 0.220 e. The second-order valence-electron chi connectivity index (χ2n) is 6.16. The van der Waals surface area contributed by atoms with Gasteiger partial charge in [-0.25, -0.2) is 0 Å². The molecule has 1 heterocycles. The van der Waals surface area contributed by atoms with Gasteiger partial charge >= 0.3 is 0 Å². The van der Waals surface area contributed by atoms with Gasteiger partial charge in [-0.2, -0.15) is 0 Å². The highest BCUT2D eigenvalue weighted by Crippen LogP contribution is 2.28. The van der Waals surface area contributed by atoms with Gasteiger partial charge in [-0.1, -0.05) is 19.3 Å². The summed E-state index contributed by atoms with van der Waals surface area (Å²) in [6.07, 6.45) is 6.45. The number of hydrogen-bond acceptors (Lipinski definition) is 3. The van der Waals surface area contributed by atoms with Crippen LogP contribution in [0.25, 0.3) is 0 Å². The zero-order valence-corrected chi connectivity index (χ0v) is 13.0. The maximum Gasteiger partial charge on any atom is 0.220 e. The molecule has 1 saturated heterocycles. The van der Waals surface area contributed by atoms with Crippen molar-refractivity contribution in [2.24, 2.45) is 4.99 Å². The molecule has 120 valence electrons. The minimum Gasteiger partial charge on any atom is -0.388 e. The second-order valence-corrected chi connectivity index (χ2v) is 6.16. The van der Waals surface area contributed by atoms with Crippen LogP contribution in [0.15, 0.2) is 4.99 Å². The van der Waals surface area contributed by atoms with Crippen LogP contribution in [0.5, 0.6) is 0 Å². The molecule has 0 aromatic carbocycles. The fraction of sp³-hybridized carbons (Fsp3) is 0.867. The van der Waals surface area contributed by atoms with Gasteiger partial charge in [0.25, 0.3) is 0 Å². The Balaban J connectivity index is 1.87. The first kappa shape index (κ1) is 16.1. The molecular formula is C15H28N4O2. The van der Waals surface area contributed by atoms with E-state index in [1.807, 2.05) is 6.92 Å². The Morgan fingerprint density at radius 3 is 2.81 bits per heavy atom. The number of aliphatic hydroxyl groups is 1. The highest BCUT2D eigenvalue weighted by molar-refractivity contribution is 5.81. The Labute approximate surface area is 126 Å². The zero-order chi connectivity index (χ0) is 15.1. The van der Waals surface area contributed by atoms with Gasteiger partial charge in [0.2, 0.25) is 5.91 Å². The summed E-state index contributed by atoms with van der Waals surface area (Å²) in [5.41, 5.74) is -0.638. The van der Waals surface area contributed by atoms with Crippen molar-refractivity contribution in [3.63, 3.8) is 0 Å². The van der Waals surface area contributed by atoms with E-state index in [2.05, 4.69) is 20.9 Å². The van der Waals surface area contributed by atoms with Crippen LogP contribution in [-0.4, -0.2) is 48.3 Å². The van der Waals surface area contributed by atoms with Crippen molar-refractivity contribution >= 4 is 11.9 Å². The number of aliphatic imine (C=N–C) groups is 1. The van der Waals surface area contributed by atoms with Crippen LogP contribution in [-0.2, 0) is 4.79 Å². The molecule has 1 saturated carbocycles. The van der Waals surface area contributed by atoms with E-state index in [1.165, 1.54) is 6.42 Å². The predicted molar refractivity (Wildman–Crippen MR) is 83.2 cm³/mol. The van der Waals surface area contributed by atoms with E-state index in [9.17, 15) is 9.90 Å². The summed E-state index contributed by atoms with van der Waals surface area (Å²) in [4.78, 5) is 15.7. The van der Waals surface area contributed by atoms with Crippen molar-refractivity contribution in [3.8, 4) is 0 Å². The number of nitrogens with one attached hydrogen (secondary N) is 3. The van der Waals surface area contributed by atoms with Crippen LogP contribution in [0.4, 0.5) is 0 Å². The third-order valence-corrected chi connectivity index (χ3v) is 4.27. The summed E-state index contributed by atoms with van der Waals surface area (Å²) in [6, 6.07) is 0.210. The highest BCUT2D eigenvalue weighted by Gasteiger charge is 2.29. The molecule has 21 heavy (non-hydrogen) atoms. The van der Waals surface area contributed by atoms with Gasteiger partial charge in [0.05, 0.1) is 12.1 Å². The summed E-state index contributed by atoms with van der Waals surface area (Å²) in [5.74, 6) is 0.851. The summed E-state index contributed by atoms with van der Waals surface area (Å²) >= 11 is 0. The van der Waals surface area contributed by atoms with E-state index in [0.29, 0.717) is 19.5 Å². The van der Waals surface area contributed by atoms with Crippen LogP contribution >= 0.6 is 0 Å². The maximum atomic E-state index is 11.2. The Hall–Kier alpha value is -1.30. The molecule has 6 heteroatoms. The van der Waals surface area contributed by atoms with Gasteiger partial charge < -0.3 is 21.1 Å². The zero-order valence-electron chi connectivity index (χ0n) is 13.0. The first-order chi connectivity index (χ1) is 10.1. The fourth-order valence-corrected chi connectivity index (χ4v) is 2.96. The van der Waals surface area contributed by atoms with Gasteiger partial charge in [-0.05, 0) is 26.2 Å². The third kappa shape index (κ3) is 5.19. The van der Waals surface area contributed by atoms with Gasteiger partial charge in [-0.15, -0.1) is 0 Å². The number of hydrogen-bond donors (Lipinski definition) is 4. The number of carbonyl (C=O) groups is 1. The van der Waals surface area contributed by atoms with Gasteiger partial charge in [-0.3, -0.25) is 9.79 Å². The molecule has 1 atom stereocenters. The minimum absolute atomic E-state index is 0.117. The van der Waals surface area contributed by atoms with Crippen LogP contribution in [0.1, 0.15) is 51.9 Å². The molecule has 1 unspecified atom stereocenters. The predicted octanol–water partition coefficient (Wildman–Crippen LogP) is 0.515. The molecular weight excluding hydrogens is 268 g/mol. The Morgan fingerprint density at radius 2 is 2.19 bits per heavy atom. The molecule has 1 aliphatic heterocycles.